The third kappa shape index (κ3) is 2.67. The summed E-state index contributed by atoms with van der Waals surface area (Å²) < 4.78 is 1.50. The maximum absolute atomic E-state index is 12.9. The molecule has 5 nitrogen and oxygen atoms in total. The fourth-order valence-electron chi connectivity index (χ4n) is 3.44. The van der Waals surface area contributed by atoms with Gasteiger partial charge >= 0.3 is 6.03 Å². The molecule has 0 aliphatic carbocycles. The first-order chi connectivity index (χ1) is 12.1. The van der Waals surface area contributed by atoms with Crippen LogP contribution in [0.1, 0.15) is 12.0 Å². The Bertz CT molecular complexity index is 1020. The van der Waals surface area contributed by atoms with E-state index < -0.39 is 0 Å². The lowest BCUT2D eigenvalue weighted by Gasteiger charge is -2.29. The highest BCUT2D eigenvalue weighted by atomic mass is 16.2. The predicted octanol–water partition coefficient (Wildman–Crippen LogP) is 3.52. The first kappa shape index (κ1) is 15.4. The molecule has 0 fully saturated rings. The van der Waals surface area contributed by atoms with Gasteiger partial charge in [0.1, 0.15) is 0 Å². The average molecular weight is 333 g/mol. The lowest BCUT2D eigenvalue weighted by Crippen LogP contribution is -2.39. The summed E-state index contributed by atoms with van der Waals surface area (Å²) in [5.41, 5.74) is 2.72. The second kappa shape index (κ2) is 6.09. The van der Waals surface area contributed by atoms with Crippen molar-refractivity contribution in [1.82, 2.24) is 4.57 Å². The van der Waals surface area contributed by atoms with Crippen LogP contribution in [0, 0.1) is 0 Å². The van der Waals surface area contributed by atoms with Crippen LogP contribution in [-0.4, -0.2) is 17.1 Å². The zero-order valence-corrected chi connectivity index (χ0v) is 14.0. The highest BCUT2D eigenvalue weighted by molar-refractivity contribution is 6.07. The SMILES string of the molecule is Cn1cc(NC(=O)N2CCCc3ccccc32)c2ccccc2c1=O. The van der Waals surface area contributed by atoms with Crippen LogP contribution in [0.15, 0.2) is 59.5 Å². The number of urea groups is 1. The third-order valence-corrected chi connectivity index (χ3v) is 4.69. The van der Waals surface area contributed by atoms with Crippen LogP contribution in [0.3, 0.4) is 0 Å². The van der Waals surface area contributed by atoms with Gasteiger partial charge in [0.2, 0.25) is 0 Å². The van der Waals surface area contributed by atoms with E-state index in [0.29, 0.717) is 17.6 Å². The second-order valence-electron chi connectivity index (χ2n) is 6.32. The molecular weight excluding hydrogens is 314 g/mol. The van der Waals surface area contributed by atoms with Gasteiger partial charge in [-0.1, -0.05) is 36.4 Å². The third-order valence-electron chi connectivity index (χ3n) is 4.69. The second-order valence-corrected chi connectivity index (χ2v) is 6.32. The molecule has 0 radical (unpaired) electrons. The summed E-state index contributed by atoms with van der Waals surface area (Å²) in [5.74, 6) is 0. The number of pyridine rings is 1. The molecule has 0 saturated heterocycles. The van der Waals surface area contributed by atoms with Crippen molar-refractivity contribution in [2.45, 2.75) is 12.8 Å². The number of hydrogen-bond acceptors (Lipinski definition) is 2. The molecule has 2 aromatic carbocycles. The minimum atomic E-state index is -0.170. The van der Waals surface area contributed by atoms with E-state index in [4.69, 9.17) is 0 Å². The molecule has 25 heavy (non-hydrogen) atoms. The Morgan fingerprint density at radius 3 is 2.60 bits per heavy atom. The van der Waals surface area contributed by atoms with E-state index in [2.05, 4.69) is 11.4 Å². The molecule has 1 aromatic heterocycles. The molecule has 1 N–H and O–H groups in total. The van der Waals surface area contributed by atoms with Gasteiger partial charge in [0.05, 0.1) is 5.69 Å². The summed E-state index contributed by atoms with van der Waals surface area (Å²) in [5, 5.41) is 4.34. The monoisotopic (exact) mass is 333 g/mol. The fourth-order valence-corrected chi connectivity index (χ4v) is 3.44. The number of nitrogens with one attached hydrogen (secondary N) is 1. The lowest BCUT2D eigenvalue weighted by atomic mass is 10.0. The van der Waals surface area contributed by atoms with Crippen molar-refractivity contribution in [3.63, 3.8) is 0 Å². The molecule has 0 atom stereocenters. The van der Waals surface area contributed by atoms with Gasteiger partial charge < -0.3 is 9.88 Å². The Balaban J connectivity index is 1.72. The zero-order valence-electron chi connectivity index (χ0n) is 14.0. The van der Waals surface area contributed by atoms with Crippen molar-refractivity contribution in [3.05, 3.63) is 70.6 Å². The molecule has 0 saturated carbocycles. The van der Waals surface area contributed by atoms with Crippen molar-refractivity contribution in [3.8, 4) is 0 Å². The number of rotatable bonds is 1. The Morgan fingerprint density at radius 1 is 1.04 bits per heavy atom. The molecule has 3 aromatic rings. The Kier molecular flexibility index (Phi) is 3.76. The maximum atomic E-state index is 12.9. The highest BCUT2D eigenvalue weighted by Crippen LogP contribution is 2.28. The number of hydrogen-bond donors (Lipinski definition) is 1. The van der Waals surface area contributed by atoms with E-state index >= 15 is 0 Å². The number of fused-ring (bicyclic) bond motifs is 2. The molecule has 5 heteroatoms. The van der Waals surface area contributed by atoms with Crippen molar-refractivity contribution >= 4 is 28.2 Å². The largest absolute Gasteiger partial charge is 0.326 e. The molecule has 126 valence electrons. The number of para-hydroxylation sites is 1. The first-order valence-electron chi connectivity index (χ1n) is 8.40. The first-order valence-corrected chi connectivity index (χ1v) is 8.40. The molecule has 1 aliphatic heterocycles. The van der Waals surface area contributed by atoms with Crippen molar-refractivity contribution in [1.29, 1.82) is 0 Å². The molecule has 2 heterocycles. The van der Waals surface area contributed by atoms with Crippen molar-refractivity contribution in [2.75, 3.05) is 16.8 Å². The van der Waals surface area contributed by atoms with Crippen LogP contribution in [0.5, 0.6) is 0 Å². The Labute approximate surface area is 145 Å². The summed E-state index contributed by atoms with van der Waals surface area (Å²) in [7, 11) is 1.70. The number of carbonyl (C=O) groups excluding carboxylic acids is 1. The number of anilines is 2. The molecule has 0 spiro atoms. The van der Waals surface area contributed by atoms with Gasteiger partial charge in [0, 0.05) is 36.2 Å². The fraction of sp³-hybridized carbons (Fsp3) is 0.200. The van der Waals surface area contributed by atoms with Crippen molar-refractivity contribution < 1.29 is 4.79 Å². The number of aromatic nitrogens is 1. The number of aryl methyl sites for hydroxylation is 2. The molecule has 1 aliphatic rings. The van der Waals surface area contributed by atoms with E-state index in [9.17, 15) is 9.59 Å². The topological polar surface area (TPSA) is 54.3 Å². The molecular formula is C20H19N3O2. The van der Waals surface area contributed by atoms with Crippen LogP contribution >= 0.6 is 0 Å². The maximum Gasteiger partial charge on any atom is 0.326 e. The molecule has 2 amide bonds. The van der Waals surface area contributed by atoms with Gasteiger partial charge in [0.25, 0.3) is 5.56 Å². The number of nitrogens with zero attached hydrogens (tertiary/aromatic N) is 2. The van der Waals surface area contributed by atoms with E-state index in [1.165, 1.54) is 10.1 Å². The summed E-state index contributed by atoms with van der Waals surface area (Å²) in [6.07, 6.45) is 3.61. The van der Waals surface area contributed by atoms with Crippen LogP contribution in [-0.2, 0) is 13.5 Å². The highest BCUT2D eigenvalue weighted by Gasteiger charge is 2.22. The van der Waals surface area contributed by atoms with E-state index in [0.717, 1.165) is 23.9 Å². The van der Waals surface area contributed by atoms with Gasteiger partial charge in [-0.05, 0) is 30.5 Å². The summed E-state index contributed by atoms with van der Waals surface area (Å²) >= 11 is 0. The minimum Gasteiger partial charge on any atom is -0.316 e. The predicted molar refractivity (Wildman–Crippen MR) is 100 cm³/mol. The van der Waals surface area contributed by atoms with E-state index in [1.807, 2.05) is 36.4 Å². The summed E-state index contributed by atoms with van der Waals surface area (Å²) in [4.78, 5) is 26.9. The van der Waals surface area contributed by atoms with E-state index in [-0.39, 0.29) is 11.6 Å². The van der Waals surface area contributed by atoms with Crippen LogP contribution in [0.4, 0.5) is 16.2 Å². The van der Waals surface area contributed by atoms with Gasteiger partial charge in [-0.3, -0.25) is 9.69 Å². The quantitative estimate of drug-likeness (QED) is 0.741. The van der Waals surface area contributed by atoms with E-state index in [1.54, 1.807) is 24.2 Å². The number of benzene rings is 2. The van der Waals surface area contributed by atoms with Gasteiger partial charge in [-0.2, -0.15) is 0 Å². The number of carbonyl (C=O) groups is 1. The van der Waals surface area contributed by atoms with Crippen LogP contribution in [0.25, 0.3) is 10.8 Å². The Hall–Kier alpha value is -3.08. The lowest BCUT2D eigenvalue weighted by molar-refractivity contribution is 0.256. The minimum absolute atomic E-state index is 0.0723. The molecule has 0 bridgehead atoms. The van der Waals surface area contributed by atoms with Crippen LogP contribution in [0.2, 0.25) is 0 Å². The van der Waals surface area contributed by atoms with Crippen LogP contribution < -0.4 is 15.8 Å². The summed E-state index contributed by atoms with van der Waals surface area (Å²) in [6.45, 7) is 0.687. The normalized spacial score (nSPS) is 13.6. The average Bonchev–Trinajstić information content (AvgIpc) is 2.65. The standard InChI is InChI=1S/C20H19N3O2/c1-22-13-17(15-9-3-4-10-16(15)19(22)24)21-20(25)23-12-6-8-14-7-2-5-11-18(14)23/h2-5,7,9-11,13H,6,8,12H2,1H3,(H,21,25). The van der Waals surface area contributed by atoms with Gasteiger partial charge in [-0.15, -0.1) is 0 Å². The Morgan fingerprint density at radius 2 is 1.76 bits per heavy atom. The van der Waals surface area contributed by atoms with Gasteiger partial charge in [0.15, 0.2) is 0 Å². The zero-order chi connectivity index (χ0) is 17.4. The van der Waals surface area contributed by atoms with Gasteiger partial charge in [-0.25, -0.2) is 4.79 Å². The van der Waals surface area contributed by atoms with Crippen molar-refractivity contribution in [2.24, 2.45) is 7.05 Å². The smallest absolute Gasteiger partial charge is 0.316 e. The molecule has 4 rings (SSSR count). The molecule has 0 unspecified atom stereocenters. The summed E-state index contributed by atoms with van der Waals surface area (Å²) in [6, 6.07) is 15.2. The number of amides is 2.